The van der Waals surface area contributed by atoms with E-state index in [4.69, 9.17) is 10.5 Å². The van der Waals surface area contributed by atoms with Crippen molar-refractivity contribution in [1.29, 1.82) is 0 Å². The molecule has 0 spiro atoms. The molecule has 2 heterocycles. The standard InChI is InChI=1S/C24H30N2O3/c1-15-14-26(20-12-24(2,3)13-21(27)22(15)20)18-4-5-19(23(25)28)17(11-18)10-16-6-8-29-9-7-16/h4-5,11,14,16H,6-10,12-13H2,1-3H3,(H2,25,28). The number of fused-ring (bicyclic) bond motifs is 1. The van der Waals surface area contributed by atoms with Gasteiger partial charge in [-0.05, 0) is 73.3 Å². The Hall–Kier alpha value is -2.40. The summed E-state index contributed by atoms with van der Waals surface area (Å²) in [6.45, 7) is 7.85. The summed E-state index contributed by atoms with van der Waals surface area (Å²) in [5.74, 6) is 0.335. The van der Waals surface area contributed by atoms with Gasteiger partial charge in [-0.2, -0.15) is 0 Å². The fourth-order valence-corrected chi connectivity index (χ4v) is 4.91. The van der Waals surface area contributed by atoms with Crippen LogP contribution in [0.1, 0.15) is 70.6 Å². The van der Waals surface area contributed by atoms with E-state index in [0.717, 1.165) is 67.0 Å². The maximum absolute atomic E-state index is 12.8. The van der Waals surface area contributed by atoms with E-state index in [-0.39, 0.29) is 17.1 Å². The molecule has 4 rings (SSSR count). The number of Topliss-reactive ketones (excluding diaryl/α,β-unsaturated/α-hetero) is 1. The predicted octanol–water partition coefficient (Wildman–Crippen LogP) is 4.01. The summed E-state index contributed by atoms with van der Waals surface area (Å²) in [7, 11) is 0. The molecular formula is C24H30N2O3. The van der Waals surface area contributed by atoms with E-state index in [1.807, 2.05) is 19.1 Å². The molecule has 1 saturated heterocycles. The lowest BCUT2D eigenvalue weighted by Crippen LogP contribution is -2.28. The lowest BCUT2D eigenvalue weighted by molar-refractivity contribution is 0.0664. The fourth-order valence-electron chi connectivity index (χ4n) is 4.91. The van der Waals surface area contributed by atoms with Gasteiger partial charge < -0.3 is 15.0 Å². The average Bonchev–Trinajstić information content (AvgIpc) is 2.97. The highest BCUT2D eigenvalue weighted by Crippen LogP contribution is 2.38. The summed E-state index contributed by atoms with van der Waals surface area (Å²) in [6, 6.07) is 5.87. The number of ketones is 1. The van der Waals surface area contributed by atoms with Crippen LogP contribution in [0.4, 0.5) is 0 Å². The Morgan fingerprint density at radius 3 is 2.66 bits per heavy atom. The number of carbonyl (C=O) groups is 2. The van der Waals surface area contributed by atoms with E-state index in [1.165, 1.54) is 0 Å². The van der Waals surface area contributed by atoms with Gasteiger partial charge in [-0.1, -0.05) is 13.8 Å². The minimum absolute atomic E-state index is 0.0509. The van der Waals surface area contributed by atoms with Crippen molar-refractivity contribution in [2.24, 2.45) is 17.1 Å². The molecule has 2 aromatic rings. The SMILES string of the molecule is Cc1cn(-c2ccc(C(N)=O)c(CC3CCOCC3)c2)c2c1C(=O)CC(C)(C)C2. The van der Waals surface area contributed by atoms with Crippen LogP contribution < -0.4 is 5.73 Å². The van der Waals surface area contributed by atoms with E-state index in [0.29, 0.717) is 17.9 Å². The van der Waals surface area contributed by atoms with E-state index in [2.05, 4.69) is 30.7 Å². The van der Waals surface area contributed by atoms with Crippen molar-refractivity contribution in [2.75, 3.05) is 13.2 Å². The normalized spacial score (nSPS) is 19.2. The second kappa shape index (κ2) is 7.45. The van der Waals surface area contributed by atoms with Gasteiger partial charge >= 0.3 is 0 Å². The molecule has 0 atom stereocenters. The molecular weight excluding hydrogens is 364 g/mol. The Morgan fingerprint density at radius 1 is 1.24 bits per heavy atom. The number of hydrogen-bond donors (Lipinski definition) is 1. The zero-order valence-corrected chi connectivity index (χ0v) is 17.6. The lowest BCUT2D eigenvalue weighted by atomic mass is 9.75. The monoisotopic (exact) mass is 394 g/mol. The quantitative estimate of drug-likeness (QED) is 0.851. The molecule has 1 aliphatic carbocycles. The minimum atomic E-state index is -0.388. The number of amides is 1. The molecule has 1 amide bonds. The summed E-state index contributed by atoms with van der Waals surface area (Å²) in [4.78, 5) is 24.8. The molecule has 1 fully saturated rings. The largest absolute Gasteiger partial charge is 0.381 e. The Labute approximate surface area is 172 Å². The van der Waals surface area contributed by atoms with Crippen molar-refractivity contribution in [2.45, 2.75) is 52.9 Å². The van der Waals surface area contributed by atoms with E-state index in [9.17, 15) is 9.59 Å². The van der Waals surface area contributed by atoms with Crippen LogP contribution in [0.2, 0.25) is 0 Å². The van der Waals surface area contributed by atoms with Gasteiger partial charge in [0.2, 0.25) is 5.91 Å². The molecule has 0 unspecified atom stereocenters. The van der Waals surface area contributed by atoms with Gasteiger partial charge in [0.25, 0.3) is 0 Å². The molecule has 154 valence electrons. The third kappa shape index (κ3) is 3.88. The first kappa shape index (κ1) is 19.9. The maximum Gasteiger partial charge on any atom is 0.248 e. The van der Waals surface area contributed by atoms with Gasteiger partial charge in [0.15, 0.2) is 5.78 Å². The highest BCUT2D eigenvalue weighted by Gasteiger charge is 2.34. The number of primary amides is 1. The van der Waals surface area contributed by atoms with Crippen molar-refractivity contribution in [3.05, 3.63) is 52.3 Å². The van der Waals surface area contributed by atoms with Crippen LogP contribution in [-0.2, 0) is 17.6 Å². The van der Waals surface area contributed by atoms with Crippen molar-refractivity contribution in [3.63, 3.8) is 0 Å². The molecule has 0 bridgehead atoms. The van der Waals surface area contributed by atoms with Crippen LogP contribution >= 0.6 is 0 Å². The molecule has 0 radical (unpaired) electrons. The fraction of sp³-hybridized carbons (Fsp3) is 0.500. The van der Waals surface area contributed by atoms with E-state index < -0.39 is 0 Å². The minimum Gasteiger partial charge on any atom is -0.381 e. The second-order valence-electron chi connectivity index (χ2n) is 9.41. The summed E-state index contributed by atoms with van der Waals surface area (Å²) in [5, 5.41) is 0. The highest BCUT2D eigenvalue weighted by molar-refractivity contribution is 6.00. The van der Waals surface area contributed by atoms with Gasteiger partial charge in [-0.15, -0.1) is 0 Å². The Bertz CT molecular complexity index is 965. The number of hydrogen-bond acceptors (Lipinski definition) is 3. The van der Waals surface area contributed by atoms with Gasteiger partial charge in [0.1, 0.15) is 0 Å². The van der Waals surface area contributed by atoms with Crippen molar-refractivity contribution >= 4 is 11.7 Å². The zero-order valence-electron chi connectivity index (χ0n) is 17.6. The average molecular weight is 395 g/mol. The number of nitrogens with zero attached hydrogens (tertiary/aromatic N) is 1. The van der Waals surface area contributed by atoms with Crippen LogP contribution in [0.5, 0.6) is 0 Å². The number of aromatic nitrogens is 1. The smallest absolute Gasteiger partial charge is 0.248 e. The molecule has 1 aliphatic heterocycles. The summed E-state index contributed by atoms with van der Waals surface area (Å²) < 4.78 is 7.62. The maximum atomic E-state index is 12.8. The number of aryl methyl sites for hydroxylation is 1. The number of nitrogens with two attached hydrogens (primary N) is 1. The first-order chi connectivity index (χ1) is 13.7. The van der Waals surface area contributed by atoms with Gasteiger partial charge in [-0.3, -0.25) is 9.59 Å². The third-order valence-electron chi connectivity index (χ3n) is 6.34. The Morgan fingerprint density at radius 2 is 1.97 bits per heavy atom. The van der Waals surface area contributed by atoms with E-state index in [1.54, 1.807) is 0 Å². The van der Waals surface area contributed by atoms with Crippen LogP contribution in [0.15, 0.2) is 24.4 Å². The molecule has 2 aliphatic rings. The number of rotatable bonds is 4. The number of benzene rings is 1. The van der Waals surface area contributed by atoms with Gasteiger partial charge in [0, 0.05) is 48.3 Å². The summed E-state index contributed by atoms with van der Waals surface area (Å²) >= 11 is 0. The second-order valence-corrected chi connectivity index (χ2v) is 9.41. The van der Waals surface area contributed by atoms with Crippen LogP contribution in [0.3, 0.4) is 0 Å². The summed E-state index contributed by atoms with van der Waals surface area (Å²) in [5.41, 5.74) is 11.2. The van der Waals surface area contributed by atoms with Crippen molar-refractivity contribution in [1.82, 2.24) is 4.57 Å². The molecule has 29 heavy (non-hydrogen) atoms. The van der Waals surface area contributed by atoms with Gasteiger partial charge in [-0.25, -0.2) is 0 Å². The molecule has 5 heteroatoms. The topological polar surface area (TPSA) is 74.3 Å². The predicted molar refractivity (Wildman–Crippen MR) is 113 cm³/mol. The molecule has 5 nitrogen and oxygen atoms in total. The van der Waals surface area contributed by atoms with E-state index >= 15 is 0 Å². The molecule has 2 N–H and O–H groups in total. The lowest BCUT2D eigenvalue weighted by Gasteiger charge is -2.30. The highest BCUT2D eigenvalue weighted by atomic mass is 16.5. The molecule has 0 saturated carbocycles. The van der Waals surface area contributed by atoms with Gasteiger partial charge in [0.05, 0.1) is 0 Å². The Balaban J connectivity index is 1.76. The molecule has 1 aromatic carbocycles. The molecule has 1 aromatic heterocycles. The number of carbonyl (C=O) groups excluding carboxylic acids is 2. The Kier molecular flexibility index (Phi) is 5.11. The summed E-state index contributed by atoms with van der Waals surface area (Å²) in [6.07, 6.45) is 6.32. The third-order valence-corrected chi connectivity index (χ3v) is 6.34. The van der Waals surface area contributed by atoms with Crippen LogP contribution in [0.25, 0.3) is 5.69 Å². The van der Waals surface area contributed by atoms with Crippen molar-refractivity contribution < 1.29 is 14.3 Å². The van der Waals surface area contributed by atoms with Crippen LogP contribution in [0, 0.1) is 18.3 Å². The van der Waals surface area contributed by atoms with Crippen molar-refractivity contribution in [3.8, 4) is 5.69 Å². The first-order valence-corrected chi connectivity index (χ1v) is 10.5. The number of ether oxygens (including phenoxy) is 1. The first-order valence-electron chi connectivity index (χ1n) is 10.5. The zero-order chi connectivity index (χ0) is 20.8. The van der Waals surface area contributed by atoms with Crippen LogP contribution in [-0.4, -0.2) is 29.5 Å².